The average Bonchev–Trinajstić information content (AvgIpc) is 3.02. The predicted molar refractivity (Wildman–Crippen MR) is 85.2 cm³/mol. The molecule has 0 spiro atoms. The van der Waals surface area contributed by atoms with Crippen LogP contribution in [0.4, 0.5) is 0 Å². The van der Waals surface area contributed by atoms with Crippen molar-refractivity contribution in [3.8, 4) is 11.5 Å². The van der Waals surface area contributed by atoms with Gasteiger partial charge in [-0.25, -0.2) is 0 Å². The second-order valence-corrected chi connectivity index (χ2v) is 5.39. The van der Waals surface area contributed by atoms with E-state index < -0.39 is 0 Å². The zero-order valence-corrected chi connectivity index (χ0v) is 13.2. The number of rotatable bonds is 4. The van der Waals surface area contributed by atoms with Crippen LogP contribution in [0.1, 0.15) is 16.2 Å². The molecule has 0 radical (unpaired) electrons. The van der Waals surface area contributed by atoms with Crippen molar-refractivity contribution in [3.63, 3.8) is 0 Å². The number of carbonyl (C=O) groups is 1. The number of nitrogens with zero attached hydrogens (tertiary/aromatic N) is 3. The van der Waals surface area contributed by atoms with Crippen LogP contribution in [0, 0.1) is 0 Å². The molecule has 0 aliphatic rings. The Labute approximate surface area is 141 Å². The molecule has 0 saturated heterocycles. The largest absolute Gasteiger partial charge is 0.419 e. The van der Waals surface area contributed by atoms with E-state index in [-0.39, 0.29) is 23.4 Å². The summed E-state index contributed by atoms with van der Waals surface area (Å²) in [5, 5.41) is 11.2. The number of nitrogens with one attached hydrogen (secondary N) is 1. The maximum Gasteiger partial charge on any atom is 0.253 e. The molecule has 0 unspecified atom stereocenters. The van der Waals surface area contributed by atoms with Gasteiger partial charge in [-0.3, -0.25) is 9.78 Å². The molecule has 1 N–H and O–H groups in total. The van der Waals surface area contributed by atoms with E-state index in [0.717, 1.165) is 0 Å². The van der Waals surface area contributed by atoms with Crippen molar-refractivity contribution >= 4 is 29.1 Å². The molecular formula is C15H10Cl2N4O2. The average molecular weight is 349 g/mol. The van der Waals surface area contributed by atoms with Gasteiger partial charge in [0.2, 0.25) is 11.8 Å². The van der Waals surface area contributed by atoms with Gasteiger partial charge in [-0.1, -0.05) is 23.2 Å². The van der Waals surface area contributed by atoms with Gasteiger partial charge in [0.05, 0.1) is 22.7 Å². The molecule has 0 atom stereocenters. The summed E-state index contributed by atoms with van der Waals surface area (Å²) in [5.41, 5.74) is 1.03. The summed E-state index contributed by atoms with van der Waals surface area (Å²) in [5.74, 6) is 0.266. The number of halogens is 2. The van der Waals surface area contributed by atoms with Crippen LogP contribution in [0.5, 0.6) is 0 Å². The summed E-state index contributed by atoms with van der Waals surface area (Å²) < 4.78 is 5.47. The summed E-state index contributed by atoms with van der Waals surface area (Å²) in [6, 6.07) is 8.22. The van der Waals surface area contributed by atoms with E-state index in [9.17, 15) is 4.79 Å². The van der Waals surface area contributed by atoms with Crippen LogP contribution in [-0.2, 0) is 6.54 Å². The lowest BCUT2D eigenvalue weighted by molar-refractivity contribution is 0.0947. The first-order valence-electron chi connectivity index (χ1n) is 6.59. The third kappa shape index (κ3) is 3.67. The van der Waals surface area contributed by atoms with Crippen molar-refractivity contribution in [2.45, 2.75) is 6.54 Å². The lowest BCUT2D eigenvalue weighted by atomic mass is 10.2. The smallest absolute Gasteiger partial charge is 0.253 e. The molecular weight excluding hydrogens is 339 g/mol. The summed E-state index contributed by atoms with van der Waals surface area (Å²) in [7, 11) is 0. The minimum absolute atomic E-state index is 0.0883. The Kier molecular flexibility index (Phi) is 4.55. The van der Waals surface area contributed by atoms with Crippen molar-refractivity contribution in [2.24, 2.45) is 0 Å². The molecule has 1 aromatic carbocycles. The van der Waals surface area contributed by atoms with E-state index >= 15 is 0 Å². The summed E-state index contributed by atoms with van der Waals surface area (Å²) in [4.78, 5) is 16.1. The van der Waals surface area contributed by atoms with Gasteiger partial charge in [0.1, 0.15) is 0 Å². The molecule has 116 valence electrons. The van der Waals surface area contributed by atoms with Crippen molar-refractivity contribution in [2.75, 3.05) is 0 Å². The first-order chi connectivity index (χ1) is 11.1. The molecule has 0 bridgehead atoms. The Hall–Kier alpha value is -2.44. The number of amides is 1. The summed E-state index contributed by atoms with van der Waals surface area (Å²) in [6.07, 6.45) is 3.26. The van der Waals surface area contributed by atoms with Gasteiger partial charge in [0, 0.05) is 17.4 Å². The Morgan fingerprint density at radius 1 is 1.22 bits per heavy atom. The van der Waals surface area contributed by atoms with Gasteiger partial charge >= 0.3 is 0 Å². The molecule has 23 heavy (non-hydrogen) atoms. The number of benzene rings is 1. The quantitative estimate of drug-likeness (QED) is 0.781. The molecule has 3 rings (SSSR count). The van der Waals surface area contributed by atoms with Crippen LogP contribution < -0.4 is 5.32 Å². The minimum Gasteiger partial charge on any atom is -0.419 e. The summed E-state index contributed by atoms with van der Waals surface area (Å²) in [6.45, 7) is 0.0883. The van der Waals surface area contributed by atoms with Crippen molar-refractivity contribution in [3.05, 3.63) is 64.2 Å². The highest BCUT2D eigenvalue weighted by atomic mass is 35.5. The standard InChI is InChI=1S/C15H10Cl2N4O2/c16-10-3-4-11(12(17)6-10)14(22)19-8-13-20-21-15(23-13)9-2-1-5-18-7-9/h1-7H,8H2,(H,19,22). The van der Waals surface area contributed by atoms with Gasteiger partial charge in [-0.2, -0.15) is 0 Å². The lowest BCUT2D eigenvalue weighted by Gasteiger charge is -2.04. The Bertz CT molecular complexity index is 837. The minimum atomic E-state index is -0.354. The van der Waals surface area contributed by atoms with E-state index in [1.165, 1.54) is 6.07 Å². The summed E-state index contributed by atoms with van der Waals surface area (Å²) >= 11 is 11.8. The van der Waals surface area contributed by atoms with Gasteiger partial charge in [-0.15, -0.1) is 10.2 Å². The molecule has 8 heteroatoms. The highest BCUT2D eigenvalue weighted by Crippen LogP contribution is 2.21. The molecule has 2 aromatic heterocycles. The van der Waals surface area contributed by atoms with E-state index in [1.807, 2.05) is 0 Å². The van der Waals surface area contributed by atoms with Crippen LogP contribution in [0.3, 0.4) is 0 Å². The zero-order valence-electron chi connectivity index (χ0n) is 11.7. The van der Waals surface area contributed by atoms with Gasteiger partial charge in [0.25, 0.3) is 5.91 Å². The molecule has 2 heterocycles. The molecule has 0 aliphatic carbocycles. The monoisotopic (exact) mass is 348 g/mol. The fourth-order valence-electron chi connectivity index (χ4n) is 1.86. The van der Waals surface area contributed by atoms with E-state index in [2.05, 4.69) is 20.5 Å². The number of aromatic nitrogens is 3. The predicted octanol–water partition coefficient (Wildman–Crippen LogP) is 3.37. The molecule has 6 nitrogen and oxygen atoms in total. The highest BCUT2D eigenvalue weighted by Gasteiger charge is 2.13. The second kappa shape index (κ2) is 6.76. The Balaban J connectivity index is 1.67. The van der Waals surface area contributed by atoms with Crippen LogP contribution in [0.25, 0.3) is 11.5 Å². The maximum absolute atomic E-state index is 12.1. The lowest BCUT2D eigenvalue weighted by Crippen LogP contribution is -2.23. The second-order valence-electron chi connectivity index (χ2n) is 4.55. The van der Waals surface area contributed by atoms with Crippen LogP contribution >= 0.6 is 23.2 Å². The topological polar surface area (TPSA) is 80.9 Å². The molecule has 1 amide bonds. The third-order valence-electron chi connectivity index (χ3n) is 2.95. The molecule has 0 fully saturated rings. The fourth-order valence-corrected chi connectivity index (χ4v) is 2.35. The zero-order chi connectivity index (χ0) is 16.2. The molecule has 0 aliphatic heterocycles. The van der Waals surface area contributed by atoms with E-state index in [0.29, 0.717) is 22.0 Å². The third-order valence-corrected chi connectivity index (χ3v) is 3.50. The van der Waals surface area contributed by atoms with Gasteiger partial charge < -0.3 is 9.73 Å². The SMILES string of the molecule is O=C(NCc1nnc(-c2cccnc2)o1)c1ccc(Cl)cc1Cl. The van der Waals surface area contributed by atoms with Crippen LogP contribution in [0.2, 0.25) is 10.0 Å². The highest BCUT2D eigenvalue weighted by molar-refractivity contribution is 6.36. The maximum atomic E-state index is 12.1. The van der Waals surface area contributed by atoms with Crippen molar-refractivity contribution in [1.29, 1.82) is 0 Å². The van der Waals surface area contributed by atoms with Crippen molar-refractivity contribution < 1.29 is 9.21 Å². The fraction of sp³-hybridized carbons (Fsp3) is 0.0667. The Morgan fingerprint density at radius 2 is 2.09 bits per heavy atom. The van der Waals surface area contributed by atoms with Crippen molar-refractivity contribution in [1.82, 2.24) is 20.5 Å². The first kappa shape index (κ1) is 15.5. The number of carbonyl (C=O) groups excluding carboxylic acids is 1. The first-order valence-corrected chi connectivity index (χ1v) is 7.35. The Morgan fingerprint density at radius 3 is 2.83 bits per heavy atom. The van der Waals surface area contributed by atoms with Gasteiger partial charge in [0.15, 0.2) is 0 Å². The van der Waals surface area contributed by atoms with E-state index in [4.69, 9.17) is 27.6 Å². The normalized spacial score (nSPS) is 10.5. The number of pyridine rings is 1. The number of hydrogen-bond donors (Lipinski definition) is 1. The van der Waals surface area contributed by atoms with Gasteiger partial charge in [-0.05, 0) is 30.3 Å². The number of hydrogen-bond acceptors (Lipinski definition) is 5. The van der Waals surface area contributed by atoms with Crippen LogP contribution in [-0.4, -0.2) is 21.1 Å². The van der Waals surface area contributed by atoms with E-state index in [1.54, 1.807) is 36.7 Å². The van der Waals surface area contributed by atoms with Crippen LogP contribution in [0.15, 0.2) is 47.1 Å². The molecule has 3 aromatic rings. The molecule has 0 saturated carbocycles.